The molecule has 0 bridgehead atoms. The van der Waals surface area contributed by atoms with E-state index in [1.165, 1.54) is 32.1 Å². The van der Waals surface area contributed by atoms with Crippen molar-refractivity contribution in [2.75, 3.05) is 0 Å². The lowest BCUT2D eigenvalue weighted by molar-refractivity contribution is 0.114. The molecule has 0 amide bonds. The lowest BCUT2D eigenvalue weighted by Crippen LogP contribution is -2.42. The largest absolute Gasteiger partial charge is 0.327 e. The van der Waals surface area contributed by atoms with E-state index in [1.807, 2.05) is 0 Å². The molecule has 1 aliphatic carbocycles. The second-order valence-corrected chi connectivity index (χ2v) is 6.00. The molecule has 2 N–H and O–H groups in total. The summed E-state index contributed by atoms with van der Waals surface area (Å²) in [6.45, 7) is 9.44. The Labute approximate surface area is 89.5 Å². The lowest BCUT2D eigenvalue weighted by atomic mass is 9.66. The van der Waals surface area contributed by atoms with Gasteiger partial charge in [-0.1, -0.05) is 40.5 Å². The molecule has 0 aromatic rings. The molecule has 1 heteroatoms. The van der Waals surface area contributed by atoms with Gasteiger partial charge in [0, 0.05) is 6.04 Å². The SMILES string of the molecule is CCCC(C)C1CC(C)(C)CCC1N. The van der Waals surface area contributed by atoms with Crippen molar-refractivity contribution in [1.29, 1.82) is 0 Å². The summed E-state index contributed by atoms with van der Waals surface area (Å²) in [6.07, 6.45) is 6.50. The maximum Gasteiger partial charge on any atom is 0.00701 e. The Balaban J connectivity index is 2.56. The van der Waals surface area contributed by atoms with Crippen LogP contribution in [0, 0.1) is 17.3 Å². The van der Waals surface area contributed by atoms with Crippen molar-refractivity contribution in [2.45, 2.75) is 65.8 Å². The number of hydrogen-bond acceptors (Lipinski definition) is 1. The van der Waals surface area contributed by atoms with Crippen molar-refractivity contribution in [3.63, 3.8) is 0 Å². The van der Waals surface area contributed by atoms with Crippen LogP contribution in [0.5, 0.6) is 0 Å². The second kappa shape index (κ2) is 4.65. The van der Waals surface area contributed by atoms with Crippen LogP contribution in [0.25, 0.3) is 0 Å². The summed E-state index contributed by atoms with van der Waals surface area (Å²) in [5, 5.41) is 0. The van der Waals surface area contributed by atoms with E-state index in [-0.39, 0.29) is 0 Å². The highest BCUT2D eigenvalue weighted by Crippen LogP contribution is 2.41. The normalized spacial score (nSPS) is 34.1. The minimum absolute atomic E-state index is 0.463. The molecule has 1 nitrogen and oxygen atoms in total. The van der Waals surface area contributed by atoms with Crippen LogP contribution in [0.4, 0.5) is 0 Å². The summed E-state index contributed by atoms with van der Waals surface area (Å²) in [4.78, 5) is 0. The van der Waals surface area contributed by atoms with Crippen LogP contribution < -0.4 is 5.73 Å². The highest BCUT2D eigenvalue weighted by Gasteiger charge is 2.35. The Kier molecular flexibility index (Phi) is 4.00. The predicted octanol–water partition coefficient (Wildman–Crippen LogP) is 3.58. The van der Waals surface area contributed by atoms with E-state index in [0.717, 1.165) is 11.8 Å². The Bertz CT molecular complexity index is 174. The highest BCUT2D eigenvalue weighted by atomic mass is 14.7. The summed E-state index contributed by atoms with van der Waals surface area (Å²) in [5.41, 5.74) is 6.76. The summed E-state index contributed by atoms with van der Waals surface area (Å²) in [7, 11) is 0. The van der Waals surface area contributed by atoms with Crippen LogP contribution in [0.2, 0.25) is 0 Å². The van der Waals surface area contributed by atoms with E-state index in [9.17, 15) is 0 Å². The van der Waals surface area contributed by atoms with E-state index >= 15 is 0 Å². The van der Waals surface area contributed by atoms with Crippen molar-refractivity contribution < 1.29 is 0 Å². The molecule has 0 aromatic carbocycles. The van der Waals surface area contributed by atoms with Gasteiger partial charge in [0.15, 0.2) is 0 Å². The van der Waals surface area contributed by atoms with E-state index < -0.39 is 0 Å². The van der Waals surface area contributed by atoms with Crippen LogP contribution in [-0.2, 0) is 0 Å². The zero-order valence-electron chi connectivity index (χ0n) is 10.3. The van der Waals surface area contributed by atoms with Gasteiger partial charge < -0.3 is 5.73 Å². The zero-order chi connectivity index (χ0) is 10.8. The average molecular weight is 197 g/mol. The van der Waals surface area contributed by atoms with Gasteiger partial charge in [-0.2, -0.15) is 0 Å². The minimum atomic E-state index is 0.463. The van der Waals surface area contributed by atoms with Gasteiger partial charge >= 0.3 is 0 Å². The van der Waals surface area contributed by atoms with Gasteiger partial charge in [-0.3, -0.25) is 0 Å². The molecule has 0 saturated heterocycles. The van der Waals surface area contributed by atoms with Gasteiger partial charge in [-0.05, 0) is 36.5 Å². The van der Waals surface area contributed by atoms with Gasteiger partial charge in [0.05, 0.1) is 0 Å². The van der Waals surface area contributed by atoms with E-state index in [0.29, 0.717) is 11.5 Å². The summed E-state index contributed by atoms with van der Waals surface area (Å²) in [6, 6.07) is 0.463. The first-order chi connectivity index (χ1) is 6.46. The van der Waals surface area contributed by atoms with Crippen LogP contribution in [0.15, 0.2) is 0 Å². The number of nitrogens with two attached hydrogens (primary N) is 1. The molecule has 0 spiro atoms. The third-order valence-corrected chi connectivity index (χ3v) is 3.97. The van der Waals surface area contributed by atoms with Crippen LogP contribution >= 0.6 is 0 Å². The smallest absolute Gasteiger partial charge is 0.00701 e. The van der Waals surface area contributed by atoms with Gasteiger partial charge in [0.25, 0.3) is 0 Å². The van der Waals surface area contributed by atoms with Gasteiger partial charge in [-0.15, -0.1) is 0 Å². The zero-order valence-corrected chi connectivity index (χ0v) is 10.3. The fourth-order valence-electron chi connectivity index (χ4n) is 2.96. The van der Waals surface area contributed by atoms with E-state index in [4.69, 9.17) is 5.73 Å². The van der Waals surface area contributed by atoms with Crippen molar-refractivity contribution in [1.82, 2.24) is 0 Å². The van der Waals surface area contributed by atoms with E-state index in [2.05, 4.69) is 27.7 Å². The fraction of sp³-hybridized carbons (Fsp3) is 1.00. The molecule has 84 valence electrons. The lowest BCUT2D eigenvalue weighted by Gasteiger charge is -2.42. The second-order valence-electron chi connectivity index (χ2n) is 6.00. The first-order valence-electron chi connectivity index (χ1n) is 6.22. The molecule has 0 radical (unpaired) electrons. The first-order valence-corrected chi connectivity index (χ1v) is 6.22. The van der Waals surface area contributed by atoms with Crippen LogP contribution in [0.1, 0.15) is 59.8 Å². The molecule has 3 atom stereocenters. The van der Waals surface area contributed by atoms with Crippen molar-refractivity contribution in [2.24, 2.45) is 23.0 Å². The summed E-state index contributed by atoms with van der Waals surface area (Å²) >= 11 is 0. The third-order valence-electron chi connectivity index (χ3n) is 3.97. The summed E-state index contributed by atoms with van der Waals surface area (Å²) in [5.74, 6) is 1.58. The van der Waals surface area contributed by atoms with Crippen LogP contribution in [-0.4, -0.2) is 6.04 Å². The molecule has 0 heterocycles. The molecule has 1 rings (SSSR count). The van der Waals surface area contributed by atoms with Crippen LogP contribution in [0.3, 0.4) is 0 Å². The van der Waals surface area contributed by atoms with Gasteiger partial charge in [-0.25, -0.2) is 0 Å². The molecular weight excluding hydrogens is 170 g/mol. The van der Waals surface area contributed by atoms with Crippen molar-refractivity contribution in [3.05, 3.63) is 0 Å². The number of hydrogen-bond donors (Lipinski definition) is 1. The van der Waals surface area contributed by atoms with Gasteiger partial charge in [0.1, 0.15) is 0 Å². The fourth-order valence-corrected chi connectivity index (χ4v) is 2.96. The molecule has 14 heavy (non-hydrogen) atoms. The molecular formula is C13H27N. The minimum Gasteiger partial charge on any atom is -0.327 e. The van der Waals surface area contributed by atoms with Crippen molar-refractivity contribution >= 4 is 0 Å². The first kappa shape index (κ1) is 12.0. The quantitative estimate of drug-likeness (QED) is 0.735. The standard InChI is InChI=1S/C13H27N/c1-5-6-10(2)11-9-13(3,4)8-7-12(11)14/h10-12H,5-9,14H2,1-4H3. The van der Waals surface area contributed by atoms with Crippen molar-refractivity contribution in [3.8, 4) is 0 Å². The molecule has 1 saturated carbocycles. The Morgan fingerprint density at radius 3 is 2.64 bits per heavy atom. The molecule has 0 aromatic heterocycles. The highest BCUT2D eigenvalue weighted by molar-refractivity contribution is 4.89. The monoisotopic (exact) mass is 197 g/mol. The van der Waals surface area contributed by atoms with Gasteiger partial charge in [0.2, 0.25) is 0 Å². The molecule has 1 fully saturated rings. The van der Waals surface area contributed by atoms with E-state index in [1.54, 1.807) is 0 Å². The third kappa shape index (κ3) is 2.98. The Morgan fingerprint density at radius 2 is 2.07 bits per heavy atom. The maximum atomic E-state index is 6.23. The number of rotatable bonds is 3. The average Bonchev–Trinajstić information content (AvgIpc) is 2.10. The maximum absolute atomic E-state index is 6.23. The topological polar surface area (TPSA) is 26.0 Å². The molecule has 3 unspecified atom stereocenters. The Hall–Kier alpha value is -0.0400. The summed E-state index contributed by atoms with van der Waals surface area (Å²) < 4.78 is 0. The molecule has 0 aliphatic heterocycles. The molecule has 1 aliphatic rings. The predicted molar refractivity (Wildman–Crippen MR) is 63.2 cm³/mol. The Morgan fingerprint density at radius 1 is 1.43 bits per heavy atom.